The van der Waals surface area contributed by atoms with E-state index in [1.165, 1.54) is 5.56 Å². The first-order valence-corrected chi connectivity index (χ1v) is 5.65. The lowest BCUT2D eigenvalue weighted by molar-refractivity contribution is 0.137. The van der Waals surface area contributed by atoms with E-state index in [0.29, 0.717) is 5.44 Å². The minimum atomic E-state index is 0.296. The second-order valence-electron chi connectivity index (χ2n) is 2.82. The van der Waals surface area contributed by atoms with Gasteiger partial charge in [-0.3, -0.25) is 0 Å². The SMILES string of the molecule is CCOC(C)SCc1ccccc1. The van der Waals surface area contributed by atoms with Crippen molar-refractivity contribution in [3.05, 3.63) is 35.9 Å². The van der Waals surface area contributed by atoms with Crippen LogP contribution in [0, 0.1) is 0 Å². The zero-order valence-corrected chi connectivity index (χ0v) is 9.01. The molecule has 1 nitrogen and oxygen atoms in total. The Morgan fingerprint density at radius 2 is 2.00 bits per heavy atom. The lowest BCUT2D eigenvalue weighted by Crippen LogP contribution is -2.02. The van der Waals surface area contributed by atoms with E-state index in [1.54, 1.807) is 0 Å². The normalized spacial score (nSPS) is 12.8. The van der Waals surface area contributed by atoms with E-state index in [-0.39, 0.29) is 0 Å². The molecule has 1 unspecified atom stereocenters. The van der Waals surface area contributed by atoms with E-state index in [2.05, 4.69) is 31.2 Å². The summed E-state index contributed by atoms with van der Waals surface area (Å²) in [7, 11) is 0. The predicted octanol–water partition coefficient (Wildman–Crippen LogP) is 3.30. The molecular formula is C11H16OS. The van der Waals surface area contributed by atoms with Gasteiger partial charge in [-0.1, -0.05) is 30.3 Å². The third-order valence-electron chi connectivity index (χ3n) is 1.73. The van der Waals surface area contributed by atoms with Gasteiger partial charge in [0.05, 0.1) is 0 Å². The largest absolute Gasteiger partial charge is 0.368 e. The Bertz CT molecular complexity index is 223. The number of rotatable bonds is 5. The second kappa shape index (κ2) is 6.06. The van der Waals surface area contributed by atoms with Crippen molar-refractivity contribution in [3.63, 3.8) is 0 Å². The standard InChI is InChI=1S/C11H16OS/c1-3-12-10(2)13-9-11-7-5-4-6-8-11/h4-8,10H,3,9H2,1-2H3. The molecule has 0 saturated carbocycles. The zero-order valence-electron chi connectivity index (χ0n) is 8.19. The Hall–Kier alpha value is -0.470. The highest BCUT2D eigenvalue weighted by molar-refractivity contribution is 7.98. The van der Waals surface area contributed by atoms with Gasteiger partial charge < -0.3 is 4.74 Å². The van der Waals surface area contributed by atoms with Crippen LogP contribution in [0.3, 0.4) is 0 Å². The van der Waals surface area contributed by atoms with E-state index >= 15 is 0 Å². The van der Waals surface area contributed by atoms with Gasteiger partial charge >= 0.3 is 0 Å². The molecule has 0 heterocycles. The molecule has 1 aromatic carbocycles. The van der Waals surface area contributed by atoms with Crippen molar-refractivity contribution in [3.8, 4) is 0 Å². The molecule has 0 aliphatic rings. The summed E-state index contributed by atoms with van der Waals surface area (Å²) in [5.74, 6) is 1.03. The molecule has 1 atom stereocenters. The van der Waals surface area contributed by atoms with Crippen LogP contribution in [0.1, 0.15) is 19.4 Å². The highest BCUT2D eigenvalue weighted by Gasteiger charge is 2.00. The molecule has 0 aliphatic heterocycles. The number of benzene rings is 1. The lowest BCUT2D eigenvalue weighted by Gasteiger charge is -2.10. The molecule has 72 valence electrons. The summed E-state index contributed by atoms with van der Waals surface area (Å²) in [4.78, 5) is 0. The highest BCUT2D eigenvalue weighted by atomic mass is 32.2. The first kappa shape index (κ1) is 10.6. The van der Waals surface area contributed by atoms with Crippen LogP contribution in [0.25, 0.3) is 0 Å². The van der Waals surface area contributed by atoms with Crippen LogP contribution in [0.15, 0.2) is 30.3 Å². The van der Waals surface area contributed by atoms with Gasteiger partial charge in [0.25, 0.3) is 0 Å². The first-order chi connectivity index (χ1) is 6.33. The average Bonchev–Trinajstić information content (AvgIpc) is 2.17. The predicted molar refractivity (Wildman–Crippen MR) is 58.8 cm³/mol. The van der Waals surface area contributed by atoms with Crippen molar-refractivity contribution in [2.75, 3.05) is 6.61 Å². The molecule has 0 N–H and O–H groups in total. The van der Waals surface area contributed by atoms with Crippen molar-refractivity contribution in [1.29, 1.82) is 0 Å². The first-order valence-electron chi connectivity index (χ1n) is 4.60. The minimum Gasteiger partial charge on any atom is -0.368 e. The monoisotopic (exact) mass is 196 g/mol. The van der Waals surface area contributed by atoms with Crippen LogP contribution in [-0.2, 0) is 10.5 Å². The second-order valence-corrected chi connectivity index (χ2v) is 4.11. The zero-order chi connectivity index (χ0) is 9.52. The summed E-state index contributed by atoms with van der Waals surface area (Å²) in [6.45, 7) is 4.92. The number of thioether (sulfide) groups is 1. The molecule has 2 heteroatoms. The van der Waals surface area contributed by atoms with Crippen LogP contribution < -0.4 is 0 Å². The highest BCUT2D eigenvalue weighted by Crippen LogP contribution is 2.17. The Labute approximate surface area is 84.5 Å². The van der Waals surface area contributed by atoms with Gasteiger partial charge in [0.1, 0.15) is 5.44 Å². The number of hydrogen-bond acceptors (Lipinski definition) is 2. The lowest BCUT2D eigenvalue weighted by atomic mass is 10.2. The molecular weight excluding hydrogens is 180 g/mol. The summed E-state index contributed by atoms with van der Waals surface area (Å²) in [6.07, 6.45) is 0. The van der Waals surface area contributed by atoms with Crippen molar-refractivity contribution < 1.29 is 4.74 Å². The Morgan fingerprint density at radius 1 is 1.31 bits per heavy atom. The molecule has 0 bridgehead atoms. The van der Waals surface area contributed by atoms with E-state index in [1.807, 2.05) is 24.8 Å². The smallest absolute Gasteiger partial charge is 0.100 e. The van der Waals surface area contributed by atoms with Crippen molar-refractivity contribution in [2.45, 2.75) is 25.0 Å². The van der Waals surface area contributed by atoms with Crippen LogP contribution >= 0.6 is 11.8 Å². The molecule has 0 spiro atoms. The molecule has 0 aliphatic carbocycles. The topological polar surface area (TPSA) is 9.23 Å². The molecule has 0 radical (unpaired) electrons. The summed E-state index contributed by atoms with van der Waals surface area (Å²) in [5, 5.41) is 0. The summed E-state index contributed by atoms with van der Waals surface area (Å²) in [6, 6.07) is 10.5. The van der Waals surface area contributed by atoms with Gasteiger partial charge in [0.15, 0.2) is 0 Å². The molecule has 1 rings (SSSR count). The summed E-state index contributed by atoms with van der Waals surface area (Å²) >= 11 is 1.83. The molecule has 0 aromatic heterocycles. The molecule has 1 aromatic rings. The van der Waals surface area contributed by atoms with Crippen LogP contribution in [0.4, 0.5) is 0 Å². The quantitative estimate of drug-likeness (QED) is 0.668. The third-order valence-corrected chi connectivity index (χ3v) is 2.83. The fraction of sp³-hybridized carbons (Fsp3) is 0.455. The molecule has 0 saturated heterocycles. The molecule has 0 amide bonds. The van der Waals surface area contributed by atoms with E-state index < -0.39 is 0 Å². The molecule has 13 heavy (non-hydrogen) atoms. The van der Waals surface area contributed by atoms with Gasteiger partial charge in [-0.25, -0.2) is 0 Å². The fourth-order valence-electron chi connectivity index (χ4n) is 1.07. The number of ether oxygens (including phenoxy) is 1. The van der Waals surface area contributed by atoms with Crippen molar-refractivity contribution in [2.24, 2.45) is 0 Å². The minimum absolute atomic E-state index is 0.296. The Balaban J connectivity index is 2.27. The van der Waals surface area contributed by atoms with Gasteiger partial charge in [-0.15, -0.1) is 11.8 Å². The number of hydrogen-bond donors (Lipinski definition) is 0. The van der Waals surface area contributed by atoms with Crippen LogP contribution in [0.2, 0.25) is 0 Å². The van der Waals surface area contributed by atoms with Gasteiger partial charge in [-0.2, -0.15) is 0 Å². The third kappa shape index (κ3) is 4.34. The average molecular weight is 196 g/mol. The van der Waals surface area contributed by atoms with Crippen molar-refractivity contribution in [1.82, 2.24) is 0 Å². The summed E-state index contributed by atoms with van der Waals surface area (Å²) < 4.78 is 5.43. The van der Waals surface area contributed by atoms with Gasteiger partial charge in [0, 0.05) is 12.4 Å². The van der Waals surface area contributed by atoms with E-state index in [4.69, 9.17) is 4.74 Å². The van der Waals surface area contributed by atoms with E-state index in [0.717, 1.165) is 12.4 Å². The van der Waals surface area contributed by atoms with E-state index in [9.17, 15) is 0 Å². The summed E-state index contributed by atoms with van der Waals surface area (Å²) in [5.41, 5.74) is 1.66. The maximum Gasteiger partial charge on any atom is 0.100 e. The molecule has 0 fully saturated rings. The van der Waals surface area contributed by atoms with Gasteiger partial charge in [0.2, 0.25) is 0 Å². The Morgan fingerprint density at radius 3 is 2.62 bits per heavy atom. The fourth-order valence-corrected chi connectivity index (χ4v) is 1.92. The maximum atomic E-state index is 5.43. The van der Waals surface area contributed by atoms with Gasteiger partial charge in [-0.05, 0) is 19.4 Å². The van der Waals surface area contributed by atoms with Crippen LogP contribution in [0.5, 0.6) is 0 Å². The van der Waals surface area contributed by atoms with Crippen LogP contribution in [-0.4, -0.2) is 12.0 Å². The van der Waals surface area contributed by atoms with Crippen molar-refractivity contribution >= 4 is 11.8 Å². The maximum absolute atomic E-state index is 5.43. The Kier molecular flexibility index (Phi) is 4.94.